The highest BCUT2D eigenvalue weighted by Crippen LogP contribution is 2.23. The van der Waals surface area contributed by atoms with Crippen molar-refractivity contribution in [2.45, 2.75) is 62.3 Å². The van der Waals surface area contributed by atoms with E-state index in [9.17, 15) is 59.9 Å². The van der Waals surface area contributed by atoms with Crippen molar-refractivity contribution in [1.29, 1.82) is 0 Å². The lowest BCUT2D eigenvalue weighted by atomic mass is 10.1. The highest BCUT2D eigenvalue weighted by atomic mass is 32.2. The summed E-state index contributed by atoms with van der Waals surface area (Å²) >= 11 is 0. The van der Waals surface area contributed by atoms with Gasteiger partial charge in [0.2, 0.25) is 29.5 Å². The number of aliphatic carboxylic acids is 2. The molecule has 0 aromatic heterocycles. The number of carbonyl (C=O) groups is 9. The predicted molar refractivity (Wildman–Crippen MR) is 190 cm³/mol. The first-order valence-electron chi connectivity index (χ1n) is 17.4. The summed E-state index contributed by atoms with van der Waals surface area (Å²) in [7, 11) is -0.0469. The minimum Gasteiger partial charge on any atom is -0.542 e. The molecule has 2 aliphatic rings. The first-order chi connectivity index (χ1) is 27.3. The number of quaternary nitrogens is 1. The molecule has 2 atom stereocenters. The summed E-state index contributed by atoms with van der Waals surface area (Å²) < 4.78 is 63.1. The zero-order valence-corrected chi connectivity index (χ0v) is 32.5. The van der Waals surface area contributed by atoms with Crippen molar-refractivity contribution in [3.8, 4) is 0 Å². The van der Waals surface area contributed by atoms with E-state index < -0.39 is 79.0 Å². The number of alkyl halides is 6. The van der Waals surface area contributed by atoms with Crippen molar-refractivity contribution in [2.75, 3.05) is 57.1 Å². The normalized spacial score (nSPS) is 19.7. The molecule has 9 N–H and O–H groups in total. The van der Waals surface area contributed by atoms with Crippen molar-refractivity contribution < 1.29 is 85.4 Å². The maximum absolute atomic E-state index is 13.3. The van der Waals surface area contributed by atoms with E-state index in [1.807, 2.05) is 12.5 Å². The molecular formula is C33H44F6N8O11S. The zero-order chi connectivity index (χ0) is 45.1. The quantitative estimate of drug-likeness (QED) is 0.110. The summed E-state index contributed by atoms with van der Waals surface area (Å²) in [4.78, 5) is 107. The average Bonchev–Trinajstić information content (AvgIpc) is 3.64. The molecule has 330 valence electrons. The van der Waals surface area contributed by atoms with E-state index in [1.165, 1.54) is 0 Å². The minimum absolute atomic E-state index is 0.0469. The first-order valence-corrected chi connectivity index (χ1v) is 19.6. The fourth-order valence-corrected chi connectivity index (χ4v) is 5.85. The van der Waals surface area contributed by atoms with E-state index in [4.69, 9.17) is 19.8 Å². The van der Waals surface area contributed by atoms with Gasteiger partial charge in [-0.05, 0) is 48.7 Å². The van der Waals surface area contributed by atoms with E-state index in [-0.39, 0.29) is 35.8 Å². The molecule has 0 aliphatic carbocycles. The van der Waals surface area contributed by atoms with Crippen LogP contribution in [0.15, 0.2) is 18.2 Å². The van der Waals surface area contributed by atoms with Crippen LogP contribution in [0.1, 0.15) is 48.0 Å². The number of anilines is 1. The van der Waals surface area contributed by atoms with Crippen molar-refractivity contribution in [3.05, 3.63) is 29.3 Å². The van der Waals surface area contributed by atoms with Crippen molar-refractivity contribution in [1.82, 2.24) is 31.5 Å². The molecule has 1 aromatic rings. The second kappa shape index (κ2) is 24.3. The molecule has 2 bridgehead atoms. The van der Waals surface area contributed by atoms with Gasteiger partial charge in [0, 0.05) is 36.3 Å². The van der Waals surface area contributed by atoms with Crippen molar-refractivity contribution >= 4 is 69.9 Å². The van der Waals surface area contributed by atoms with Crippen LogP contribution in [0.5, 0.6) is 0 Å². The van der Waals surface area contributed by atoms with Crippen LogP contribution >= 0.6 is 0 Å². The number of carboxylic acids is 2. The summed E-state index contributed by atoms with van der Waals surface area (Å²) in [6.45, 7) is -0.707. The third kappa shape index (κ3) is 20.0. The molecule has 0 unspecified atom stereocenters. The molecule has 0 spiro atoms. The fraction of sp³-hybridized carbons (Fsp3) is 0.545. The number of nitrogens with zero attached hydrogens (tertiary/aromatic N) is 1. The summed E-state index contributed by atoms with van der Waals surface area (Å²) in [6, 6.07) is 3.80. The Balaban J connectivity index is 0.00000106. The number of benzene rings is 1. The smallest absolute Gasteiger partial charge is 0.430 e. The van der Waals surface area contributed by atoms with Gasteiger partial charge in [-0.3, -0.25) is 33.6 Å². The monoisotopic (exact) mass is 874 g/mol. The third-order valence-corrected chi connectivity index (χ3v) is 8.65. The number of amides is 7. The highest BCUT2D eigenvalue weighted by Gasteiger charge is 2.37. The number of fused-ring (bicyclic) bond motifs is 3. The molecule has 0 saturated carbocycles. The predicted octanol–water partition coefficient (Wildman–Crippen LogP) is -4.42. The summed E-state index contributed by atoms with van der Waals surface area (Å²) in [6.07, 6.45) is -3.47. The molecular weight excluding hydrogens is 830 g/mol. The standard InChI is InChI=1S/C29H42N8O7S.2C2HF3O2/c1-45(2)17-18-8-9-19-12-20(18)27(42)35-16-26(41)34-15-25(40)33-14-24(39)32-13-23(38)31-10-4-3-6-21(30)29(44)37-11-5-7-22(37)28(43)36-19;2*3-2(4,5)1(6)7/h8-9,12,21-22H,3-7,10-11,13-17,30H2,1-2H3,(H5-,31,32,33,34,35,36,38,39,40,41,42,43);2*(H,6,7)/t21-,22-;;/m0../s1. The Labute approximate surface area is 335 Å². The van der Waals surface area contributed by atoms with Crippen LogP contribution in [0.2, 0.25) is 0 Å². The van der Waals surface area contributed by atoms with Crippen LogP contribution < -0.4 is 47.8 Å². The molecule has 3 rings (SSSR count). The molecule has 1 fully saturated rings. The Morgan fingerprint density at radius 2 is 1.22 bits per heavy atom. The Morgan fingerprint density at radius 3 is 1.69 bits per heavy atom. The SMILES string of the molecule is C[S+](C)Cc1ccc2cc1C(=O)NCC(=O)NCC(=O)NCC(=O)NCC(=O)NCCCC[C@H]([NH3+])C(=O)N1CCC[C@H]1C(=O)N2.O=C([O-])C(F)(F)F.O=C([O-])C(F)(F)F. The lowest BCUT2D eigenvalue weighted by Crippen LogP contribution is -2.68. The number of hydrogen-bond acceptors (Lipinski definition) is 11. The van der Waals surface area contributed by atoms with Gasteiger partial charge in [-0.15, -0.1) is 0 Å². The lowest BCUT2D eigenvalue weighted by molar-refractivity contribution is -0.407. The van der Waals surface area contributed by atoms with Crippen LogP contribution in [0.3, 0.4) is 0 Å². The minimum atomic E-state index is -5.19. The van der Waals surface area contributed by atoms with Gasteiger partial charge in [0.15, 0.2) is 6.04 Å². The topological polar surface area (TPSA) is 303 Å². The van der Waals surface area contributed by atoms with E-state index in [1.54, 1.807) is 23.1 Å². The molecule has 26 heteroatoms. The second-order valence-electron chi connectivity index (χ2n) is 12.8. The Hall–Kier alpha value is -5.66. The summed E-state index contributed by atoms with van der Waals surface area (Å²) in [5.74, 6) is -8.74. The van der Waals surface area contributed by atoms with E-state index in [0.29, 0.717) is 62.2 Å². The van der Waals surface area contributed by atoms with Gasteiger partial charge < -0.3 is 62.3 Å². The van der Waals surface area contributed by atoms with Crippen LogP contribution in [-0.4, -0.2) is 134 Å². The maximum Gasteiger partial charge on any atom is 0.430 e. The van der Waals surface area contributed by atoms with Crippen molar-refractivity contribution in [2.24, 2.45) is 0 Å². The Kier molecular flexibility index (Phi) is 21.2. The second-order valence-corrected chi connectivity index (χ2v) is 15.1. The molecule has 7 amide bonds. The largest absolute Gasteiger partial charge is 0.542 e. The fourth-order valence-electron chi connectivity index (χ4n) is 4.97. The van der Waals surface area contributed by atoms with E-state index in [0.717, 1.165) is 5.56 Å². The summed E-state index contributed by atoms with van der Waals surface area (Å²) in [5.41, 5.74) is 5.44. The highest BCUT2D eigenvalue weighted by molar-refractivity contribution is 7.94. The van der Waals surface area contributed by atoms with Crippen LogP contribution in [0, 0.1) is 0 Å². The van der Waals surface area contributed by atoms with Crippen LogP contribution in [0.25, 0.3) is 0 Å². The van der Waals surface area contributed by atoms with Gasteiger partial charge >= 0.3 is 12.4 Å². The molecule has 2 aliphatic heterocycles. The van der Waals surface area contributed by atoms with Gasteiger partial charge in [0.05, 0.1) is 38.7 Å². The third-order valence-electron chi connectivity index (χ3n) is 7.77. The Bertz CT molecular complexity index is 1670. The molecule has 59 heavy (non-hydrogen) atoms. The molecule has 1 saturated heterocycles. The average molecular weight is 875 g/mol. The van der Waals surface area contributed by atoms with Crippen LogP contribution in [0.4, 0.5) is 32.0 Å². The molecule has 2 heterocycles. The number of carboxylic acid groups (broad SMARTS) is 2. The zero-order valence-electron chi connectivity index (χ0n) is 31.7. The number of nitrogens with one attached hydrogen (secondary N) is 6. The number of hydrogen-bond donors (Lipinski definition) is 7. The lowest BCUT2D eigenvalue weighted by Gasteiger charge is -2.25. The molecule has 19 nitrogen and oxygen atoms in total. The summed E-state index contributed by atoms with van der Waals surface area (Å²) in [5, 5.41) is 32.8. The molecule has 1 aromatic carbocycles. The van der Waals surface area contributed by atoms with E-state index >= 15 is 0 Å². The molecule has 0 radical (unpaired) electrons. The van der Waals surface area contributed by atoms with Gasteiger partial charge in [-0.25, -0.2) is 0 Å². The maximum atomic E-state index is 13.3. The van der Waals surface area contributed by atoms with Crippen molar-refractivity contribution in [3.63, 3.8) is 0 Å². The van der Waals surface area contributed by atoms with Gasteiger partial charge in [-0.1, -0.05) is 6.07 Å². The number of rotatable bonds is 2. The van der Waals surface area contributed by atoms with Crippen LogP contribution in [-0.2, 0) is 55.0 Å². The number of carbonyl (C=O) groups excluding carboxylic acids is 9. The number of halogens is 6. The Morgan fingerprint density at radius 1 is 0.746 bits per heavy atom. The van der Waals surface area contributed by atoms with E-state index in [2.05, 4.69) is 37.6 Å². The van der Waals surface area contributed by atoms with Gasteiger partial charge in [0.1, 0.15) is 23.7 Å². The first kappa shape index (κ1) is 51.4. The van der Waals surface area contributed by atoms with Gasteiger partial charge in [0.25, 0.3) is 11.8 Å². The van der Waals surface area contributed by atoms with Gasteiger partial charge in [-0.2, -0.15) is 26.3 Å².